The number of hydrogen-bond donors (Lipinski definition) is 5. The van der Waals surface area contributed by atoms with Gasteiger partial charge >= 0.3 is 0 Å². The van der Waals surface area contributed by atoms with Crippen molar-refractivity contribution in [3.8, 4) is 24.7 Å². The second-order valence-corrected chi connectivity index (χ2v) is 12.8. The van der Waals surface area contributed by atoms with Crippen molar-refractivity contribution in [3.63, 3.8) is 0 Å². The fourth-order valence-corrected chi connectivity index (χ4v) is 5.83. The van der Waals surface area contributed by atoms with Gasteiger partial charge in [0.05, 0.1) is 34.0 Å². The molecule has 3 aromatic rings. The lowest BCUT2D eigenvalue weighted by Gasteiger charge is -2.14. The average Bonchev–Trinajstić information content (AvgIpc) is 3.28. The summed E-state index contributed by atoms with van der Waals surface area (Å²) in [4.78, 5) is 26.2. The number of nitrogens with two attached hydrogens (primary N) is 2. The SMILES string of the molecule is C#CCNS(=O)(=O)c1ccc(CCN)cc1.C#CCNS(=O)(=O)c1ccc(CCN2C(=O)c3ccccc3C2=O)cc1.CNN. The van der Waals surface area contributed by atoms with Gasteiger partial charge in [0.2, 0.25) is 20.0 Å². The lowest BCUT2D eigenvalue weighted by Crippen LogP contribution is -2.31. The number of amides is 2. The highest BCUT2D eigenvalue weighted by Gasteiger charge is 2.34. The Morgan fingerprint density at radius 2 is 1.09 bits per heavy atom. The van der Waals surface area contributed by atoms with Crippen molar-refractivity contribution in [2.45, 2.75) is 22.6 Å². The summed E-state index contributed by atoms with van der Waals surface area (Å²) in [5.74, 6) is 8.42. The van der Waals surface area contributed by atoms with Crippen molar-refractivity contribution in [1.82, 2.24) is 19.8 Å². The summed E-state index contributed by atoms with van der Waals surface area (Å²) >= 11 is 0. The number of benzene rings is 3. The Kier molecular flexibility index (Phi) is 14.6. The van der Waals surface area contributed by atoms with E-state index in [-0.39, 0.29) is 41.2 Å². The van der Waals surface area contributed by atoms with Crippen LogP contribution in [0.2, 0.25) is 0 Å². The van der Waals surface area contributed by atoms with E-state index >= 15 is 0 Å². The zero-order chi connectivity index (χ0) is 33.5. The Hall–Kier alpha value is -4.38. The Balaban J connectivity index is 0.000000318. The molecule has 0 unspecified atom stereocenters. The van der Waals surface area contributed by atoms with Crippen LogP contribution in [0.4, 0.5) is 0 Å². The van der Waals surface area contributed by atoms with Crippen LogP contribution in [0, 0.1) is 24.7 Å². The number of nitrogens with one attached hydrogen (secondary N) is 3. The molecule has 4 rings (SSSR count). The molecule has 0 bridgehead atoms. The van der Waals surface area contributed by atoms with Gasteiger partial charge < -0.3 is 5.73 Å². The van der Waals surface area contributed by atoms with E-state index in [9.17, 15) is 26.4 Å². The van der Waals surface area contributed by atoms with Gasteiger partial charge in [-0.15, -0.1) is 12.8 Å². The number of rotatable bonds is 11. The van der Waals surface area contributed by atoms with Crippen molar-refractivity contribution in [2.24, 2.45) is 11.6 Å². The predicted octanol–water partition coefficient (Wildman–Crippen LogP) is 0.616. The smallest absolute Gasteiger partial charge is 0.261 e. The summed E-state index contributed by atoms with van der Waals surface area (Å²) in [5.41, 5.74) is 10.3. The van der Waals surface area contributed by atoms with Crippen LogP contribution in [0.25, 0.3) is 0 Å². The molecule has 0 atom stereocenters. The number of imide groups is 1. The fourth-order valence-electron chi connectivity index (χ4n) is 3.96. The molecule has 7 N–H and O–H groups in total. The largest absolute Gasteiger partial charge is 0.330 e. The summed E-state index contributed by atoms with van der Waals surface area (Å²) in [6, 6.07) is 19.6. The topological polar surface area (TPSA) is 194 Å². The van der Waals surface area contributed by atoms with Crippen LogP contribution < -0.4 is 26.4 Å². The lowest BCUT2D eigenvalue weighted by molar-refractivity contribution is 0.0656. The lowest BCUT2D eigenvalue weighted by atomic mass is 10.1. The highest BCUT2D eigenvalue weighted by atomic mass is 32.2. The number of sulfonamides is 2. The van der Waals surface area contributed by atoms with Crippen LogP contribution >= 0.6 is 0 Å². The highest BCUT2D eigenvalue weighted by molar-refractivity contribution is 7.89. The van der Waals surface area contributed by atoms with E-state index in [1.807, 2.05) is 0 Å². The van der Waals surface area contributed by atoms with Gasteiger partial charge in [-0.2, -0.15) is 9.44 Å². The highest BCUT2D eigenvalue weighted by Crippen LogP contribution is 2.23. The first-order chi connectivity index (χ1) is 21.4. The Bertz CT molecular complexity index is 1710. The van der Waals surface area contributed by atoms with E-state index < -0.39 is 20.0 Å². The summed E-state index contributed by atoms with van der Waals surface area (Å²) in [6.07, 6.45) is 11.2. The maximum absolute atomic E-state index is 12.3. The fraction of sp³-hybridized carbons (Fsp3) is 0.226. The summed E-state index contributed by atoms with van der Waals surface area (Å²) in [7, 11) is -5.46. The summed E-state index contributed by atoms with van der Waals surface area (Å²) in [5, 5.41) is 0. The third-order valence-electron chi connectivity index (χ3n) is 6.13. The number of carbonyl (C=O) groups excluding carboxylic acids is 2. The van der Waals surface area contributed by atoms with Gasteiger partial charge in [-0.3, -0.25) is 25.8 Å². The molecule has 0 saturated heterocycles. The maximum Gasteiger partial charge on any atom is 0.261 e. The van der Waals surface area contributed by atoms with Gasteiger partial charge in [-0.05, 0) is 74.0 Å². The van der Waals surface area contributed by atoms with Gasteiger partial charge in [-0.1, -0.05) is 48.2 Å². The van der Waals surface area contributed by atoms with E-state index in [1.165, 1.54) is 17.0 Å². The molecule has 0 fully saturated rings. The monoisotopic (exact) mass is 652 g/mol. The van der Waals surface area contributed by atoms with Gasteiger partial charge in [0.1, 0.15) is 0 Å². The second-order valence-electron chi connectivity index (χ2n) is 9.23. The van der Waals surface area contributed by atoms with E-state index in [1.54, 1.807) is 67.7 Å². The van der Waals surface area contributed by atoms with Crippen molar-refractivity contribution in [3.05, 3.63) is 95.1 Å². The molecular formula is C31H36N6O6S2. The normalized spacial score (nSPS) is 12.2. The van der Waals surface area contributed by atoms with Crippen LogP contribution in [0.3, 0.4) is 0 Å². The molecule has 2 amide bonds. The molecule has 238 valence electrons. The predicted molar refractivity (Wildman–Crippen MR) is 172 cm³/mol. The van der Waals surface area contributed by atoms with Gasteiger partial charge in [0.15, 0.2) is 0 Å². The molecule has 1 aliphatic heterocycles. The van der Waals surface area contributed by atoms with Crippen LogP contribution in [0.15, 0.2) is 82.6 Å². The minimum Gasteiger partial charge on any atom is -0.330 e. The van der Waals surface area contributed by atoms with Crippen LogP contribution in [0.1, 0.15) is 31.8 Å². The first-order valence-electron chi connectivity index (χ1n) is 13.5. The van der Waals surface area contributed by atoms with Gasteiger partial charge in [-0.25, -0.2) is 16.8 Å². The molecule has 45 heavy (non-hydrogen) atoms. The molecule has 14 heteroatoms. The molecule has 0 spiro atoms. The Labute approximate surface area is 264 Å². The Morgan fingerprint density at radius 3 is 1.44 bits per heavy atom. The molecule has 0 aromatic heterocycles. The van der Waals surface area contributed by atoms with E-state index in [0.29, 0.717) is 24.1 Å². The number of hydrazine groups is 1. The number of nitrogens with zero attached hydrogens (tertiary/aromatic N) is 1. The molecule has 0 aliphatic carbocycles. The molecule has 0 radical (unpaired) electrons. The van der Waals surface area contributed by atoms with Crippen molar-refractivity contribution >= 4 is 31.9 Å². The quantitative estimate of drug-likeness (QED) is 0.0854. The van der Waals surface area contributed by atoms with Crippen LogP contribution in [-0.2, 0) is 32.9 Å². The number of hydrogen-bond acceptors (Lipinski definition) is 9. The zero-order valence-corrected chi connectivity index (χ0v) is 26.3. The van der Waals surface area contributed by atoms with Gasteiger partial charge in [0.25, 0.3) is 11.8 Å². The zero-order valence-electron chi connectivity index (χ0n) is 24.7. The first-order valence-corrected chi connectivity index (χ1v) is 16.5. The number of terminal acetylenes is 2. The molecule has 1 heterocycles. The summed E-state index contributed by atoms with van der Waals surface area (Å²) < 4.78 is 51.8. The standard InChI is InChI=1S/C19H16N2O4S.C11H14N2O2S.CH6N2/c1-2-12-20-26(24,25)15-9-7-14(8-10-15)11-13-21-18(22)16-5-3-4-6-17(16)19(21)23;1-2-9-13-16(14,15)11-5-3-10(4-6-11)7-8-12;1-3-2/h1,3-10,20H,11-13H2;1,3-6,13H,7-9,12H2;3H,2H2,1H3. The number of fused-ring (bicyclic) bond motifs is 1. The molecule has 3 aromatic carbocycles. The van der Waals surface area contributed by atoms with E-state index in [2.05, 4.69) is 32.6 Å². The van der Waals surface area contributed by atoms with E-state index in [0.717, 1.165) is 17.5 Å². The second kappa shape index (κ2) is 17.8. The van der Waals surface area contributed by atoms with Crippen LogP contribution in [-0.4, -0.2) is 66.8 Å². The maximum atomic E-state index is 12.3. The molecule has 0 saturated carbocycles. The third kappa shape index (κ3) is 10.6. The third-order valence-corrected chi connectivity index (χ3v) is 8.97. The molecular weight excluding hydrogens is 617 g/mol. The van der Waals surface area contributed by atoms with Gasteiger partial charge in [0, 0.05) is 6.54 Å². The summed E-state index contributed by atoms with van der Waals surface area (Å²) in [6.45, 7) is 0.686. The minimum atomic E-state index is -3.63. The number of carbonyl (C=O) groups is 2. The van der Waals surface area contributed by atoms with Crippen molar-refractivity contribution < 1.29 is 26.4 Å². The van der Waals surface area contributed by atoms with Crippen LogP contribution in [0.5, 0.6) is 0 Å². The first kappa shape index (κ1) is 36.8. The van der Waals surface area contributed by atoms with Crippen molar-refractivity contribution in [2.75, 3.05) is 33.2 Å². The Morgan fingerprint density at radius 1 is 0.711 bits per heavy atom. The average molecular weight is 653 g/mol. The molecule has 1 aliphatic rings. The van der Waals surface area contributed by atoms with E-state index in [4.69, 9.17) is 18.6 Å². The minimum absolute atomic E-state index is 0.00706. The molecule has 12 nitrogen and oxygen atoms in total. The van der Waals surface area contributed by atoms with Crippen molar-refractivity contribution in [1.29, 1.82) is 0 Å².